The third-order valence-corrected chi connectivity index (χ3v) is 6.11. The molecule has 0 bridgehead atoms. The molecule has 5 nitrogen and oxygen atoms in total. The molecule has 160 valence electrons. The van der Waals surface area contributed by atoms with Crippen molar-refractivity contribution in [2.24, 2.45) is 0 Å². The van der Waals surface area contributed by atoms with E-state index < -0.39 is 0 Å². The molecule has 0 aromatic heterocycles. The van der Waals surface area contributed by atoms with Gasteiger partial charge in [-0.05, 0) is 49.4 Å². The van der Waals surface area contributed by atoms with Gasteiger partial charge in [-0.1, -0.05) is 36.4 Å². The molecule has 2 heterocycles. The number of ether oxygens (including phenoxy) is 2. The lowest BCUT2D eigenvalue weighted by atomic mass is 9.85. The second-order valence-corrected chi connectivity index (χ2v) is 8.30. The van der Waals surface area contributed by atoms with Crippen LogP contribution in [0.2, 0.25) is 0 Å². The van der Waals surface area contributed by atoms with Crippen molar-refractivity contribution in [1.82, 2.24) is 4.90 Å². The average Bonchev–Trinajstić information content (AvgIpc) is 3.21. The lowest BCUT2D eigenvalue weighted by Gasteiger charge is -2.44. The monoisotopic (exact) mass is 412 g/mol. The molecule has 30 heavy (non-hydrogen) atoms. The van der Waals surface area contributed by atoms with Crippen molar-refractivity contribution in [3.8, 4) is 0 Å². The molecule has 2 aliphatic heterocycles. The van der Waals surface area contributed by atoms with Gasteiger partial charge in [-0.15, -0.1) is 0 Å². The Balaban J connectivity index is 1.37. The Bertz CT molecular complexity index is 868. The van der Waals surface area contributed by atoms with Crippen LogP contribution in [0, 0.1) is 12.7 Å². The summed E-state index contributed by atoms with van der Waals surface area (Å²) in [6.45, 7) is 4.66. The zero-order chi connectivity index (χ0) is 21.0. The normalized spacial score (nSPS) is 24.3. The average molecular weight is 413 g/mol. The Labute approximate surface area is 177 Å². The van der Waals surface area contributed by atoms with Crippen molar-refractivity contribution < 1.29 is 18.7 Å². The van der Waals surface area contributed by atoms with Gasteiger partial charge in [0.15, 0.2) is 0 Å². The third-order valence-electron chi connectivity index (χ3n) is 6.11. The molecule has 1 spiro atoms. The Morgan fingerprint density at radius 2 is 2.10 bits per heavy atom. The first-order valence-electron chi connectivity index (χ1n) is 10.6. The first-order chi connectivity index (χ1) is 14.5. The third kappa shape index (κ3) is 4.89. The van der Waals surface area contributed by atoms with Gasteiger partial charge >= 0.3 is 0 Å². The number of benzene rings is 2. The first kappa shape index (κ1) is 21.0. The van der Waals surface area contributed by atoms with Crippen LogP contribution in [0.4, 0.5) is 10.1 Å². The van der Waals surface area contributed by atoms with E-state index in [0.717, 1.165) is 38.0 Å². The zero-order valence-electron chi connectivity index (χ0n) is 17.4. The van der Waals surface area contributed by atoms with Crippen LogP contribution in [-0.2, 0) is 20.9 Å². The van der Waals surface area contributed by atoms with E-state index in [1.165, 1.54) is 6.07 Å². The highest BCUT2D eigenvalue weighted by Gasteiger charge is 2.47. The van der Waals surface area contributed by atoms with Crippen molar-refractivity contribution in [2.75, 3.05) is 31.6 Å². The van der Waals surface area contributed by atoms with Crippen molar-refractivity contribution in [3.05, 3.63) is 65.5 Å². The Morgan fingerprint density at radius 1 is 1.27 bits per heavy atom. The molecule has 2 aliphatic rings. The summed E-state index contributed by atoms with van der Waals surface area (Å²) >= 11 is 0. The predicted molar refractivity (Wildman–Crippen MR) is 114 cm³/mol. The molecule has 4 rings (SSSR count). The summed E-state index contributed by atoms with van der Waals surface area (Å²) < 4.78 is 26.2. The number of carbonyl (C=O) groups is 1. The molecular weight excluding hydrogens is 383 g/mol. The number of aryl methyl sites for hydroxylation is 1. The van der Waals surface area contributed by atoms with Crippen molar-refractivity contribution in [2.45, 2.75) is 44.5 Å². The van der Waals surface area contributed by atoms with Gasteiger partial charge in [0.2, 0.25) is 5.91 Å². The van der Waals surface area contributed by atoms with E-state index in [1.807, 2.05) is 18.2 Å². The Hall–Kier alpha value is -2.28. The molecule has 0 aliphatic carbocycles. The number of hydrogen-bond acceptors (Lipinski definition) is 4. The number of carbonyl (C=O) groups excluding carboxylic acids is 1. The van der Waals surface area contributed by atoms with E-state index in [0.29, 0.717) is 24.4 Å². The van der Waals surface area contributed by atoms with Gasteiger partial charge in [-0.3, -0.25) is 9.69 Å². The number of likely N-dealkylation sites (tertiary alicyclic amines) is 1. The molecule has 1 N–H and O–H groups in total. The standard InChI is InChI=1S/C24H29FN2O3/c1-18-8-9-20(14-21(18)25)26-23(28)16-27-12-11-24(10-5-13-30-24)22(15-27)29-17-19-6-3-2-4-7-19/h2-4,6-9,14,22H,5,10-13,15-17H2,1H3,(H,26,28)/t22-,24-/m0/s1. The van der Waals surface area contributed by atoms with Crippen LogP contribution in [0.25, 0.3) is 0 Å². The van der Waals surface area contributed by atoms with Crippen LogP contribution in [0.1, 0.15) is 30.4 Å². The van der Waals surface area contributed by atoms with E-state index >= 15 is 0 Å². The minimum absolute atomic E-state index is 0.0847. The largest absolute Gasteiger partial charge is 0.372 e. The fraction of sp³-hybridized carbons (Fsp3) is 0.458. The highest BCUT2D eigenvalue weighted by Crippen LogP contribution is 2.38. The molecule has 0 unspecified atom stereocenters. The second-order valence-electron chi connectivity index (χ2n) is 8.30. The highest BCUT2D eigenvalue weighted by molar-refractivity contribution is 5.92. The Kier molecular flexibility index (Phi) is 6.46. The number of hydrogen-bond donors (Lipinski definition) is 1. The smallest absolute Gasteiger partial charge is 0.238 e. The SMILES string of the molecule is Cc1ccc(NC(=O)CN2CC[C@@]3(CCCO3)[C@@H](OCc3ccccc3)C2)cc1F. The minimum Gasteiger partial charge on any atom is -0.372 e. The van der Waals surface area contributed by atoms with Gasteiger partial charge in [-0.25, -0.2) is 4.39 Å². The van der Waals surface area contributed by atoms with Crippen LogP contribution in [0.15, 0.2) is 48.5 Å². The second kappa shape index (κ2) is 9.25. The fourth-order valence-corrected chi connectivity index (χ4v) is 4.36. The number of halogens is 1. The van der Waals surface area contributed by atoms with Crippen LogP contribution >= 0.6 is 0 Å². The first-order valence-corrected chi connectivity index (χ1v) is 10.6. The molecule has 0 saturated carbocycles. The molecule has 2 saturated heterocycles. The number of rotatable bonds is 6. The summed E-state index contributed by atoms with van der Waals surface area (Å²) in [6.07, 6.45) is 2.80. The van der Waals surface area contributed by atoms with E-state index in [2.05, 4.69) is 22.3 Å². The van der Waals surface area contributed by atoms with Crippen molar-refractivity contribution in [1.29, 1.82) is 0 Å². The summed E-state index contributed by atoms with van der Waals surface area (Å²) in [5.41, 5.74) is 1.92. The highest BCUT2D eigenvalue weighted by atomic mass is 19.1. The van der Waals surface area contributed by atoms with E-state index in [4.69, 9.17) is 9.47 Å². The lowest BCUT2D eigenvalue weighted by Crippen LogP contribution is -2.57. The Morgan fingerprint density at radius 3 is 2.83 bits per heavy atom. The van der Waals surface area contributed by atoms with Gasteiger partial charge in [0.05, 0.1) is 24.9 Å². The number of anilines is 1. The van der Waals surface area contributed by atoms with Crippen LogP contribution in [0.5, 0.6) is 0 Å². The number of amides is 1. The molecule has 2 atom stereocenters. The van der Waals surface area contributed by atoms with Crippen molar-refractivity contribution >= 4 is 11.6 Å². The summed E-state index contributed by atoms with van der Waals surface area (Å²) in [4.78, 5) is 14.6. The van der Waals surface area contributed by atoms with Gasteiger partial charge < -0.3 is 14.8 Å². The van der Waals surface area contributed by atoms with E-state index in [1.54, 1.807) is 19.1 Å². The minimum atomic E-state index is -0.319. The molecule has 2 fully saturated rings. The summed E-state index contributed by atoms with van der Waals surface area (Å²) in [5, 5.41) is 2.80. The zero-order valence-corrected chi connectivity index (χ0v) is 17.4. The summed E-state index contributed by atoms with van der Waals surface area (Å²) in [5.74, 6) is -0.469. The van der Waals surface area contributed by atoms with Crippen molar-refractivity contribution in [3.63, 3.8) is 0 Å². The predicted octanol–water partition coefficient (Wildman–Crippen LogP) is 3.91. The molecule has 0 radical (unpaired) electrons. The van der Waals surface area contributed by atoms with E-state index in [-0.39, 0.29) is 30.0 Å². The lowest BCUT2D eigenvalue weighted by molar-refractivity contribution is -0.159. The maximum absolute atomic E-state index is 13.7. The molecule has 2 aromatic rings. The maximum Gasteiger partial charge on any atom is 0.238 e. The maximum atomic E-state index is 13.7. The number of piperidine rings is 1. The number of nitrogens with one attached hydrogen (secondary N) is 1. The topological polar surface area (TPSA) is 50.8 Å². The fourth-order valence-electron chi connectivity index (χ4n) is 4.36. The van der Waals surface area contributed by atoms with Crippen LogP contribution in [0.3, 0.4) is 0 Å². The number of nitrogens with zero attached hydrogens (tertiary/aromatic N) is 1. The summed E-state index contributed by atoms with van der Waals surface area (Å²) in [6, 6.07) is 14.9. The van der Waals surface area contributed by atoms with Gasteiger partial charge in [0.1, 0.15) is 5.82 Å². The molecule has 2 aromatic carbocycles. The molecule has 1 amide bonds. The summed E-state index contributed by atoms with van der Waals surface area (Å²) in [7, 11) is 0. The van der Waals surface area contributed by atoms with E-state index in [9.17, 15) is 9.18 Å². The van der Waals surface area contributed by atoms with Gasteiger partial charge in [0.25, 0.3) is 0 Å². The molecule has 6 heteroatoms. The van der Waals surface area contributed by atoms with Gasteiger partial charge in [-0.2, -0.15) is 0 Å². The van der Waals surface area contributed by atoms with Crippen LogP contribution < -0.4 is 5.32 Å². The van der Waals surface area contributed by atoms with Gasteiger partial charge in [0, 0.05) is 25.4 Å². The van der Waals surface area contributed by atoms with Crippen LogP contribution in [-0.4, -0.2) is 48.8 Å². The molecular formula is C24H29FN2O3. The quantitative estimate of drug-likeness (QED) is 0.782.